The van der Waals surface area contributed by atoms with E-state index in [0.29, 0.717) is 5.82 Å². The van der Waals surface area contributed by atoms with Crippen LogP contribution in [0.15, 0.2) is 24.4 Å². The summed E-state index contributed by atoms with van der Waals surface area (Å²) in [5.41, 5.74) is 8.68. The normalized spacial score (nSPS) is 12.2. The summed E-state index contributed by atoms with van der Waals surface area (Å²) in [6.07, 6.45) is 1.93. The number of imidazole rings is 1. The second kappa shape index (κ2) is 3.85. The van der Waals surface area contributed by atoms with Gasteiger partial charge < -0.3 is 10.7 Å². The van der Waals surface area contributed by atoms with E-state index in [2.05, 4.69) is 40.9 Å². The number of benzene rings is 1. The number of nitrogens with one attached hydrogen (secondary N) is 2. The van der Waals surface area contributed by atoms with Crippen LogP contribution in [0.4, 0.5) is 5.82 Å². The first-order valence-electron chi connectivity index (χ1n) is 6.25. The summed E-state index contributed by atoms with van der Waals surface area (Å²) in [5, 5.41) is 7.86. The van der Waals surface area contributed by atoms with Gasteiger partial charge in [0, 0.05) is 22.6 Å². The quantitative estimate of drug-likeness (QED) is 0.625. The van der Waals surface area contributed by atoms with Crippen molar-refractivity contribution >= 4 is 16.7 Å². The molecule has 3 rings (SSSR count). The van der Waals surface area contributed by atoms with E-state index in [1.165, 1.54) is 0 Å². The number of aromatic amines is 2. The fourth-order valence-electron chi connectivity index (χ4n) is 2.05. The second-order valence-corrected chi connectivity index (χ2v) is 5.75. The first kappa shape index (κ1) is 11.8. The smallest absolute Gasteiger partial charge is 0.153 e. The van der Waals surface area contributed by atoms with Crippen LogP contribution in [0.5, 0.6) is 0 Å². The molecule has 1 aromatic carbocycles. The highest BCUT2D eigenvalue weighted by Crippen LogP contribution is 2.27. The lowest BCUT2D eigenvalue weighted by molar-refractivity contribution is 0.553. The SMILES string of the molecule is CC(C)(C)c1nc(-c2ccc3c(N)n[nH]c3c2)c[nH]1. The number of nitrogens with two attached hydrogens (primary N) is 1. The second-order valence-electron chi connectivity index (χ2n) is 5.75. The molecule has 4 N–H and O–H groups in total. The van der Waals surface area contributed by atoms with Gasteiger partial charge in [0.1, 0.15) is 5.82 Å². The molecule has 0 fully saturated rings. The molecule has 2 aromatic heterocycles. The van der Waals surface area contributed by atoms with E-state index in [1.807, 2.05) is 24.4 Å². The van der Waals surface area contributed by atoms with Crippen LogP contribution in [0.1, 0.15) is 26.6 Å². The molecule has 0 aliphatic rings. The molecule has 5 nitrogen and oxygen atoms in total. The molecule has 0 bridgehead atoms. The summed E-state index contributed by atoms with van der Waals surface area (Å²) < 4.78 is 0. The molecule has 0 saturated heterocycles. The molecule has 0 amide bonds. The summed E-state index contributed by atoms with van der Waals surface area (Å²) in [7, 11) is 0. The average molecular weight is 255 g/mol. The molecule has 0 aliphatic carbocycles. The van der Waals surface area contributed by atoms with Gasteiger partial charge in [0.2, 0.25) is 0 Å². The third kappa shape index (κ3) is 1.97. The van der Waals surface area contributed by atoms with E-state index in [9.17, 15) is 0 Å². The van der Waals surface area contributed by atoms with Crippen LogP contribution in [0.25, 0.3) is 22.2 Å². The van der Waals surface area contributed by atoms with Gasteiger partial charge in [-0.05, 0) is 12.1 Å². The highest BCUT2D eigenvalue weighted by molar-refractivity contribution is 5.91. The highest BCUT2D eigenvalue weighted by Gasteiger charge is 2.18. The van der Waals surface area contributed by atoms with E-state index in [0.717, 1.165) is 28.0 Å². The van der Waals surface area contributed by atoms with E-state index < -0.39 is 0 Å². The van der Waals surface area contributed by atoms with Crippen molar-refractivity contribution in [2.45, 2.75) is 26.2 Å². The molecule has 0 unspecified atom stereocenters. The average Bonchev–Trinajstić information content (AvgIpc) is 2.95. The van der Waals surface area contributed by atoms with Gasteiger partial charge in [-0.3, -0.25) is 5.10 Å². The van der Waals surface area contributed by atoms with Gasteiger partial charge in [-0.1, -0.05) is 26.8 Å². The van der Waals surface area contributed by atoms with Gasteiger partial charge >= 0.3 is 0 Å². The summed E-state index contributed by atoms with van der Waals surface area (Å²) in [4.78, 5) is 7.88. The number of nitrogen functional groups attached to an aromatic ring is 1. The summed E-state index contributed by atoms with van der Waals surface area (Å²) in [6, 6.07) is 5.99. The summed E-state index contributed by atoms with van der Waals surface area (Å²) >= 11 is 0. The zero-order valence-electron chi connectivity index (χ0n) is 11.3. The minimum absolute atomic E-state index is 0.0146. The minimum Gasteiger partial charge on any atom is -0.382 e. The van der Waals surface area contributed by atoms with Crippen LogP contribution in [0.2, 0.25) is 0 Å². The Hall–Kier alpha value is -2.30. The van der Waals surface area contributed by atoms with Gasteiger partial charge in [0.15, 0.2) is 5.82 Å². The lowest BCUT2D eigenvalue weighted by Gasteiger charge is -2.13. The van der Waals surface area contributed by atoms with Crippen molar-refractivity contribution in [3.63, 3.8) is 0 Å². The number of aromatic nitrogens is 4. The van der Waals surface area contributed by atoms with Gasteiger partial charge in [0.25, 0.3) is 0 Å². The monoisotopic (exact) mass is 255 g/mol. The Balaban J connectivity index is 2.06. The Labute approximate surface area is 111 Å². The Morgan fingerprint density at radius 2 is 2.00 bits per heavy atom. The number of anilines is 1. The standard InChI is InChI=1S/C14H17N5/c1-14(2,3)13-16-7-11(17-13)8-4-5-9-10(6-8)18-19-12(9)15/h4-7H,1-3H3,(H,16,17)(H3,15,18,19). The Morgan fingerprint density at radius 1 is 1.21 bits per heavy atom. The molecule has 98 valence electrons. The van der Waals surface area contributed by atoms with E-state index in [4.69, 9.17) is 5.73 Å². The van der Waals surface area contributed by atoms with Crippen LogP contribution < -0.4 is 5.73 Å². The van der Waals surface area contributed by atoms with Crippen molar-refractivity contribution in [2.75, 3.05) is 5.73 Å². The number of fused-ring (bicyclic) bond motifs is 1. The fraction of sp³-hybridized carbons (Fsp3) is 0.286. The number of rotatable bonds is 1. The molecule has 0 spiro atoms. The van der Waals surface area contributed by atoms with Gasteiger partial charge in [-0.2, -0.15) is 5.10 Å². The Morgan fingerprint density at radius 3 is 2.68 bits per heavy atom. The molecule has 0 radical (unpaired) electrons. The maximum absolute atomic E-state index is 5.76. The van der Waals surface area contributed by atoms with Gasteiger partial charge in [-0.25, -0.2) is 4.98 Å². The third-order valence-corrected chi connectivity index (χ3v) is 3.18. The molecule has 0 atom stereocenters. The van der Waals surface area contributed by atoms with Crippen molar-refractivity contribution in [1.82, 2.24) is 20.2 Å². The number of hydrogen-bond acceptors (Lipinski definition) is 3. The zero-order valence-corrected chi connectivity index (χ0v) is 11.3. The minimum atomic E-state index is 0.0146. The summed E-state index contributed by atoms with van der Waals surface area (Å²) in [5.74, 6) is 1.51. The first-order valence-corrected chi connectivity index (χ1v) is 6.25. The predicted octanol–water partition coefficient (Wildman–Crippen LogP) is 2.83. The number of H-pyrrole nitrogens is 2. The highest BCUT2D eigenvalue weighted by atomic mass is 15.1. The van der Waals surface area contributed by atoms with Crippen molar-refractivity contribution in [2.24, 2.45) is 0 Å². The molecule has 19 heavy (non-hydrogen) atoms. The lowest BCUT2D eigenvalue weighted by atomic mass is 9.96. The van der Waals surface area contributed by atoms with Crippen LogP contribution >= 0.6 is 0 Å². The molecular weight excluding hydrogens is 238 g/mol. The van der Waals surface area contributed by atoms with Crippen molar-refractivity contribution in [1.29, 1.82) is 0 Å². The topological polar surface area (TPSA) is 83.4 Å². The van der Waals surface area contributed by atoms with Crippen molar-refractivity contribution in [3.8, 4) is 11.3 Å². The molecule has 5 heteroatoms. The van der Waals surface area contributed by atoms with Crippen LogP contribution in [-0.2, 0) is 5.41 Å². The largest absolute Gasteiger partial charge is 0.382 e. The summed E-state index contributed by atoms with van der Waals surface area (Å²) in [6.45, 7) is 6.40. The predicted molar refractivity (Wildman–Crippen MR) is 76.8 cm³/mol. The number of hydrogen-bond donors (Lipinski definition) is 3. The van der Waals surface area contributed by atoms with Crippen LogP contribution in [-0.4, -0.2) is 20.2 Å². The maximum atomic E-state index is 5.76. The molecule has 3 aromatic rings. The van der Waals surface area contributed by atoms with Crippen LogP contribution in [0, 0.1) is 0 Å². The van der Waals surface area contributed by atoms with Crippen LogP contribution in [0.3, 0.4) is 0 Å². The van der Waals surface area contributed by atoms with Crippen molar-refractivity contribution in [3.05, 3.63) is 30.2 Å². The third-order valence-electron chi connectivity index (χ3n) is 3.18. The van der Waals surface area contributed by atoms with Crippen molar-refractivity contribution < 1.29 is 0 Å². The zero-order chi connectivity index (χ0) is 13.6. The lowest BCUT2D eigenvalue weighted by Crippen LogP contribution is -2.13. The molecule has 2 heterocycles. The Kier molecular flexibility index (Phi) is 2.38. The van der Waals surface area contributed by atoms with E-state index in [1.54, 1.807) is 0 Å². The van der Waals surface area contributed by atoms with E-state index >= 15 is 0 Å². The Bertz CT molecular complexity index is 730. The molecule has 0 saturated carbocycles. The molecule has 0 aliphatic heterocycles. The van der Waals surface area contributed by atoms with Gasteiger partial charge in [0.05, 0.1) is 11.2 Å². The first-order chi connectivity index (χ1) is 8.95. The fourth-order valence-corrected chi connectivity index (χ4v) is 2.05. The van der Waals surface area contributed by atoms with Gasteiger partial charge in [-0.15, -0.1) is 0 Å². The maximum Gasteiger partial charge on any atom is 0.153 e. The number of nitrogens with zero attached hydrogens (tertiary/aromatic N) is 2. The molecular formula is C14H17N5. The van der Waals surface area contributed by atoms with E-state index in [-0.39, 0.29) is 5.41 Å².